The lowest BCUT2D eigenvalue weighted by atomic mass is 10.2. The fourth-order valence-corrected chi connectivity index (χ4v) is 1.21. The Morgan fingerprint density at radius 3 is 2.77 bits per heavy atom. The highest BCUT2D eigenvalue weighted by atomic mass is 15.0. The molecule has 0 aliphatic carbocycles. The molecule has 72 valence electrons. The third-order valence-electron chi connectivity index (χ3n) is 2.02. The summed E-state index contributed by atoms with van der Waals surface area (Å²) in [6.45, 7) is 4.81. The summed E-state index contributed by atoms with van der Waals surface area (Å²) in [5, 5.41) is 3.36. The Bertz CT molecular complexity index is 235. The van der Waals surface area contributed by atoms with Crippen molar-refractivity contribution in [2.75, 3.05) is 6.54 Å². The Labute approximate surface area is 79.4 Å². The minimum atomic E-state index is 0.264. The molecule has 0 saturated carbocycles. The van der Waals surface area contributed by atoms with Crippen LogP contribution in [0.3, 0.4) is 0 Å². The molecule has 3 heteroatoms. The van der Waals surface area contributed by atoms with Crippen LogP contribution in [0, 0.1) is 0 Å². The van der Waals surface area contributed by atoms with Crippen LogP contribution in [0.2, 0.25) is 0 Å². The highest BCUT2D eigenvalue weighted by Gasteiger charge is 2.07. The number of nitrogens with one attached hydrogen (secondary N) is 1. The second-order valence-electron chi connectivity index (χ2n) is 3.28. The minimum Gasteiger partial charge on any atom is -0.329 e. The Balaban J connectivity index is 2.53. The maximum Gasteiger partial charge on any atom is 0.0570 e. The standard InChI is InChI=1S/C10H17N3/c1-8(7-11)13-9(2)10-5-3-4-6-12-10/h3-6,8-9,13H,7,11H2,1-2H3/t8?,9-/m1/s1. The number of pyridine rings is 1. The van der Waals surface area contributed by atoms with Crippen LogP contribution in [0.15, 0.2) is 24.4 Å². The van der Waals surface area contributed by atoms with E-state index in [0.29, 0.717) is 12.6 Å². The zero-order chi connectivity index (χ0) is 9.68. The van der Waals surface area contributed by atoms with Crippen molar-refractivity contribution in [3.8, 4) is 0 Å². The van der Waals surface area contributed by atoms with E-state index in [1.165, 1.54) is 0 Å². The van der Waals surface area contributed by atoms with Gasteiger partial charge in [0.2, 0.25) is 0 Å². The molecule has 0 radical (unpaired) electrons. The molecule has 0 saturated heterocycles. The van der Waals surface area contributed by atoms with Crippen molar-refractivity contribution < 1.29 is 0 Å². The molecule has 0 aromatic carbocycles. The molecule has 3 N–H and O–H groups in total. The lowest BCUT2D eigenvalue weighted by Gasteiger charge is -2.17. The third kappa shape index (κ3) is 3.13. The molecule has 3 nitrogen and oxygen atoms in total. The van der Waals surface area contributed by atoms with Gasteiger partial charge in [0.25, 0.3) is 0 Å². The van der Waals surface area contributed by atoms with E-state index in [4.69, 9.17) is 5.73 Å². The Kier molecular flexibility index (Phi) is 3.86. The Hall–Kier alpha value is -0.930. The van der Waals surface area contributed by atoms with Gasteiger partial charge in [0.05, 0.1) is 5.69 Å². The van der Waals surface area contributed by atoms with Crippen LogP contribution in [-0.4, -0.2) is 17.6 Å². The molecule has 1 rings (SSSR count). The van der Waals surface area contributed by atoms with Crippen molar-refractivity contribution in [3.05, 3.63) is 30.1 Å². The summed E-state index contributed by atoms with van der Waals surface area (Å²) in [5.41, 5.74) is 6.57. The van der Waals surface area contributed by atoms with Gasteiger partial charge >= 0.3 is 0 Å². The van der Waals surface area contributed by atoms with Gasteiger partial charge in [-0.1, -0.05) is 6.07 Å². The van der Waals surface area contributed by atoms with Crippen LogP contribution in [0.25, 0.3) is 0 Å². The number of aromatic nitrogens is 1. The Morgan fingerprint density at radius 1 is 1.46 bits per heavy atom. The van der Waals surface area contributed by atoms with Crippen molar-refractivity contribution >= 4 is 0 Å². The molecule has 0 aliphatic rings. The number of nitrogens with zero attached hydrogens (tertiary/aromatic N) is 1. The average molecular weight is 179 g/mol. The molecule has 13 heavy (non-hydrogen) atoms. The quantitative estimate of drug-likeness (QED) is 0.727. The first kappa shape index (κ1) is 10.2. The minimum absolute atomic E-state index is 0.264. The summed E-state index contributed by atoms with van der Waals surface area (Å²) in [5.74, 6) is 0. The van der Waals surface area contributed by atoms with Crippen LogP contribution in [0.5, 0.6) is 0 Å². The smallest absolute Gasteiger partial charge is 0.0570 e. The van der Waals surface area contributed by atoms with Crippen molar-refractivity contribution in [2.45, 2.75) is 25.9 Å². The Morgan fingerprint density at radius 2 is 2.23 bits per heavy atom. The fourth-order valence-electron chi connectivity index (χ4n) is 1.21. The van der Waals surface area contributed by atoms with Crippen LogP contribution >= 0.6 is 0 Å². The van der Waals surface area contributed by atoms with Crippen LogP contribution in [0.1, 0.15) is 25.6 Å². The number of rotatable bonds is 4. The van der Waals surface area contributed by atoms with E-state index in [2.05, 4.69) is 24.1 Å². The number of nitrogens with two attached hydrogens (primary N) is 1. The maximum absolute atomic E-state index is 5.52. The van der Waals surface area contributed by atoms with Crippen LogP contribution < -0.4 is 11.1 Å². The number of hydrogen-bond acceptors (Lipinski definition) is 3. The molecule has 0 amide bonds. The topological polar surface area (TPSA) is 50.9 Å². The second-order valence-corrected chi connectivity index (χ2v) is 3.28. The van der Waals surface area contributed by atoms with E-state index < -0.39 is 0 Å². The van der Waals surface area contributed by atoms with Crippen LogP contribution in [-0.2, 0) is 0 Å². The molecular formula is C10H17N3. The monoisotopic (exact) mass is 179 g/mol. The molecule has 1 heterocycles. The highest BCUT2D eigenvalue weighted by Crippen LogP contribution is 2.08. The molecule has 1 unspecified atom stereocenters. The molecule has 0 spiro atoms. The summed E-state index contributed by atoms with van der Waals surface area (Å²) in [7, 11) is 0. The van der Waals surface area contributed by atoms with Gasteiger partial charge in [-0.3, -0.25) is 4.98 Å². The van der Waals surface area contributed by atoms with Crippen molar-refractivity contribution in [1.82, 2.24) is 10.3 Å². The van der Waals surface area contributed by atoms with Gasteiger partial charge in [0, 0.05) is 24.8 Å². The summed E-state index contributed by atoms with van der Waals surface area (Å²) >= 11 is 0. The van der Waals surface area contributed by atoms with Gasteiger partial charge < -0.3 is 11.1 Å². The molecule has 2 atom stereocenters. The van der Waals surface area contributed by atoms with E-state index in [1.807, 2.05) is 18.2 Å². The predicted molar refractivity (Wildman–Crippen MR) is 54.3 cm³/mol. The van der Waals surface area contributed by atoms with E-state index in [-0.39, 0.29) is 6.04 Å². The predicted octanol–water partition coefficient (Wildman–Crippen LogP) is 1.08. The summed E-state index contributed by atoms with van der Waals surface area (Å²) in [4.78, 5) is 4.26. The summed E-state index contributed by atoms with van der Waals surface area (Å²) in [6.07, 6.45) is 1.81. The maximum atomic E-state index is 5.52. The number of hydrogen-bond donors (Lipinski definition) is 2. The summed E-state index contributed by atoms with van der Waals surface area (Å²) in [6, 6.07) is 6.52. The van der Waals surface area contributed by atoms with Gasteiger partial charge in [-0.2, -0.15) is 0 Å². The normalized spacial score (nSPS) is 15.3. The van der Waals surface area contributed by atoms with Crippen molar-refractivity contribution in [2.24, 2.45) is 5.73 Å². The molecule has 0 fully saturated rings. The third-order valence-corrected chi connectivity index (χ3v) is 2.02. The van der Waals surface area contributed by atoms with E-state index >= 15 is 0 Å². The van der Waals surface area contributed by atoms with Gasteiger partial charge in [-0.25, -0.2) is 0 Å². The highest BCUT2D eigenvalue weighted by molar-refractivity contribution is 5.07. The van der Waals surface area contributed by atoms with E-state index in [0.717, 1.165) is 5.69 Å². The lowest BCUT2D eigenvalue weighted by molar-refractivity contribution is 0.478. The molecule has 1 aromatic heterocycles. The van der Waals surface area contributed by atoms with Gasteiger partial charge in [-0.05, 0) is 26.0 Å². The first-order valence-corrected chi connectivity index (χ1v) is 4.61. The van der Waals surface area contributed by atoms with Gasteiger partial charge in [0.15, 0.2) is 0 Å². The first-order chi connectivity index (χ1) is 6.24. The zero-order valence-electron chi connectivity index (χ0n) is 8.20. The zero-order valence-corrected chi connectivity index (χ0v) is 8.20. The molecule has 1 aromatic rings. The fraction of sp³-hybridized carbons (Fsp3) is 0.500. The van der Waals surface area contributed by atoms with Gasteiger partial charge in [-0.15, -0.1) is 0 Å². The molecule has 0 aliphatic heterocycles. The largest absolute Gasteiger partial charge is 0.329 e. The van der Waals surface area contributed by atoms with E-state index in [9.17, 15) is 0 Å². The average Bonchev–Trinajstić information content (AvgIpc) is 2.19. The van der Waals surface area contributed by atoms with Crippen molar-refractivity contribution in [1.29, 1.82) is 0 Å². The molecular weight excluding hydrogens is 162 g/mol. The first-order valence-electron chi connectivity index (χ1n) is 4.61. The lowest BCUT2D eigenvalue weighted by Crippen LogP contribution is -2.35. The van der Waals surface area contributed by atoms with E-state index in [1.54, 1.807) is 6.20 Å². The van der Waals surface area contributed by atoms with Crippen molar-refractivity contribution in [3.63, 3.8) is 0 Å². The second kappa shape index (κ2) is 4.94. The van der Waals surface area contributed by atoms with Gasteiger partial charge in [0.1, 0.15) is 0 Å². The molecule has 0 bridgehead atoms. The van der Waals surface area contributed by atoms with Crippen LogP contribution in [0.4, 0.5) is 0 Å². The SMILES string of the molecule is CC(CN)N[C@H](C)c1ccccn1. The summed E-state index contributed by atoms with van der Waals surface area (Å²) < 4.78 is 0.